The predicted octanol–water partition coefficient (Wildman–Crippen LogP) is 5.22. The van der Waals surface area contributed by atoms with E-state index in [4.69, 9.17) is 4.52 Å². The minimum Gasteiger partial charge on any atom is -0.333 e. The zero-order valence-corrected chi connectivity index (χ0v) is 17.6. The van der Waals surface area contributed by atoms with E-state index in [0.717, 1.165) is 12.1 Å². The van der Waals surface area contributed by atoms with Crippen molar-refractivity contribution >= 4 is 22.2 Å². The fourth-order valence-electron chi connectivity index (χ4n) is 3.07. The molecule has 30 heavy (non-hydrogen) atoms. The van der Waals surface area contributed by atoms with Gasteiger partial charge in [0.05, 0.1) is 10.4 Å². The molecule has 0 bridgehead atoms. The van der Waals surface area contributed by atoms with Crippen LogP contribution in [0.15, 0.2) is 22.7 Å². The summed E-state index contributed by atoms with van der Waals surface area (Å²) >= 11 is 1.18. The Morgan fingerprint density at radius 2 is 2.07 bits per heavy atom. The number of carbonyl (C=O) groups excluding carboxylic acids is 1. The number of nitriles is 1. The summed E-state index contributed by atoms with van der Waals surface area (Å²) in [6, 6.07) is 5.41. The van der Waals surface area contributed by atoms with E-state index in [1.54, 1.807) is 6.92 Å². The molecule has 0 saturated carbocycles. The van der Waals surface area contributed by atoms with Gasteiger partial charge in [-0.25, -0.2) is 8.78 Å². The molecule has 1 aromatic carbocycles. The summed E-state index contributed by atoms with van der Waals surface area (Å²) < 4.78 is 32.3. The highest BCUT2D eigenvalue weighted by Gasteiger charge is 2.24. The Morgan fingerprint density at radius 1 is 1.33 bits per heavy atom. The van der Waals surface area contributed by atoms with Gasteiger partial charge in [-0.2, -0.15) is 10.2 Å². The number of aromatic nitrogens is 2. The normalized spacial score (nSPS) is 11.0. The van der Waals surface area contributed by atoms with Crippen molar-refractivity contribution in [3.05, 3.63) is 52.3 Å². The first-order valence-electron chi connectivity index (χ1n) is 9.49. The van der Waals surface area contributed by atoms with Crippen LogP contribution in [0.3, 0.4) is 0 Å². The van der Waals surface area contributed by atoms with Crippen molar-refractivity contribution in [3.8, 4) is 16.8 Å². The molecule has 0 aliphatic heterocycles. The number of benzene rings is 1. The zero-order valence-electron chi connectivity index (χ0n) is 16.8. The standard InChI is InChI=1S/C21H20F2N4O2S/c1-4-12(5-2)19(28)26-21-15(10-24)11(3)18(30-21)20-25-17(27-29-20)8-13-6-7-14(22)9-16(13)23/h6-7,9,12H,4-5,8H2,1-3H3,(H,26,28). The van der Waals surface area contributed by atoms with Crippen molar-refractivity contribution in [1.29, 1.82) is 5.26 Å². The minimum atomic E-state index is -0.688. The molecule has 3 rings (SSSR count). The van der Waals surface area contributed by atoms with Crippen LogP contribution in [0.2, 0.25) is 0 Å². The Balaban J connectivity index is 1.87. The van der Waals surface area contributed by atoms with Gasteiger partial charge in [0.1, 0.15) is 22.7 Å². The Morgan fingerprint density at radius 3 is 2.70 bits per heavy atom. The smallest absolute Gasteiger partial charge is 0.268 e. The summed E-state index contributed by atoms with van der Waals surface area (Å²) in [5.41, 5.74) is 1.20. The Kier molecular flexibility index (Phi) is 6.57. The second kappa shape index (κ2) is 9.13. The summed E-state index contributed by atoms with van der Waals surface area (Å²) in [7, 11) is 0. The molecule has 156 valence electrons. The molecule has 3 aromatic rings. The van der Waals surface area contributed by atoms with E-state index in [2.05, 4.69) is 21.5 Å². The Labute approximate surface area is 176 Å². The van der Waals surface area contributed by atoms with E-state index in [1.807, 2.05) is 13.8 Å². The number of amides is 1. The Bertz CT molecular complexity index is 1110. The van der Waals surface area contributed by atoms with Gasteiger partial charge in [0.15, 0.2) is 5.82 Å². The van der Waals surface area contributed by atoms with E-state index >= 15 is 0 Å². The zero-order chi connectivity index (χ0) is 21.8. The minimum absolute atomic E-state index is 0.0312. The number of halogens is 2. The topological polar surface area (TPSA) is 91.8 Å². The van der Waals surface area contributed by atoms with Gasteiger partial charge < -0.3 is 9.84 Å². The van der Waals surface area contributed by atoms with E-state index in [-0.39, 0.29) is 35.5 Å². The summed E-state index contributed by atoms with van der Waals surface area (Å²) in [5.74, 6) is -1.22. The van der Waals surface area contributed by atoms with Crippen LogP contribution in [-0.2, 0) is 11.2 Å². The van der Waals surface area contributed by atoms with Crippen LogP contribution in [0.1, 0.15) is 49.2 Å². The SMILES string of the molecule is CCC(CC)C(=O)Nc1sc(-c2nc(Cc3ccc(F)cc3F)no2)c(C)c1C#N. The Hall–Kier alpha value is -3.12. The molecular formula is C21H20F2N4O2S. The first kappa shape index (κ1) is 21.6. The van der Waals surface area contributed by atoms with Gasteiger partial charge in [0, 0.05) is 18.4 Å². The molecule has 6 nitrogen and oxygen atoms in total. The number of nitrogens with one attached hydrogen (secondary N) is 1. The lowest BCUT2D eigenvalue weighted by molar-refractivity contribution is -0.120. The maximum atomic E-state index is 13.9. The summed E-state index contributed by atoms with van der Waals surface area (Å²) in [5, 5.41) is 16.7. The molecule has 0 unspecified atom stereocenters. The number of anilines is 1. The first-order valence-corrected chi connectivity index (χ1v) is 10.3. The maximum absolute atomic E-state index is 13.9. The van der Waals surface area contributed by atoms with E-state index in [1.165, 1.54) is 17.4 Å². The van der Waals surface area contributed by atoms with Gasteiger partial charge in [0.25, 0.3) is 5.89 Å². The van der Waals surface area contributed by atoms with Crippen molar-refractivity contribution in [2.24, 2.45) is 5.92 Å². The van der Waals surface area contributed by atoms with Gasteiger partial charge in [-0.15, -0.1) is 11.3 Å². The van der Waals surface area contributed by atoms with Crippen LogP contribution in [0.25, 0.3) is 10.8 Å². The number of hydrogen-bond acceptors (Lipinski definition) is 6. The second-order valence-corrected chi connectivity index (χ2v) is 7.82. The quantitative estimate of drug-likeness (QED) is 0.555. The van der Waals surface area contributed by atoms with E-state index in [0.29, 0.717) is 33.8 Å². The lowest BCUT2D eigenvalue weighted by Gasteiger charge is -2.11. The average molecular weight is 430 g/mol. The molecule has 0 aliphatic rings. The second-order valence-electron chi connectivity index (χ2n) is 6.80. The lowest BCUT2D eigenvalue weighted by atomic mass is 10.0. The van der Waals surface area contributed by atoms with Crippen LogP contribution in [0.4, 0.5) is 13.8 Å². The predicted molar refractivity (Wildman–Crippen MR) is 109 cm³/mol. The highest BCUT2D eigenvalue weighted by molar-refractivity contribution is 7.20. The number of carbonyl (C=O) groups is 1. The molecule has 0 radical (unpaired) electrons. The number of rotatable bonds is 7. The number of hydrogen-bond donors (Lipinski definition) is 1. The van der Waals surface area contributed by atoms with Crippen molar-refractivity contribution in [2.45, 2.75) is 40.0 Å². The van der Waals surface area contributed by atoms with Crippen LogP contribution in [-0.4, -0.2) is 16.0 Å². The number of thiophene rings is 1. The molecule has 0 spiro atoms. The maximum Gasteiger partial charge on any atom is 0.268 e. The summed E-state index contributed by atoms with van der Waals surface area (Å²) in [6.45, 7) is 5.61. The highest BCUT2D eigenvalue weighted by Crippen LogP contribution is 2.39. The van der Waals surface area contributed by atoms with Crippen LogP contribution in [0, 0.1) is 35.8 Å². The van der Waals surface area contributed by atoms with Gasteiger partial charge >= 0.3 is 0 Å². The average Bonchev–Trinajstić information content (AvgIpc) is 3.29. The third kappa shape index (κ3) is 4.39. The molecule has 0 fully saturated rings. The van der Waals surface area contributed by atoms with Crippen LogP contribution in [0.5, 0.6) is 0 Å². The monoisotopic (exact) mass is 430 g/mol. The van der Waals surface area contributed by atoms with Crippen molar-refractivity contribution < 1.29 is 18.1 Å². The third-order valence-electron chi connectivity index (χ3n) is 4.88. The van der Waals surface area contributed by atoms with Crippen LogP contribution < -0.4 is 5.32 Å². The van der Waals surface area contributed by atoms with Gasteiger partial charge in [-0.3, -0.25) is 4.79 Å². The molecule has 1 N–H and O–H groups in total. The van der Waals surface area contributed by atoms with Gasteiger partial charge in [-0.1, -0.05) is 25.1 Å². The summed E-state index contributed by atoms with van der Waals surface area (Å²) in [4.78, 5) is 17.3. The molecule has 0 saturated heterocycles. The molecule has 9 heteroatoms. The molecule has 0 atom stereocenters. The summed E-state index contributed by atoms with van der Waals surface area (Å²) in [6.07, 6.45) is 1.44. The van der Waals surface area contributed by atoms with Crippen molar-refractivity contribution in [3.63, 3.8) is 0 Å². The van der Waals surface area contributed by atoms with Gasteiger partial charge in [0.2, 0.25) is 5.91 Å². The highest BCUT2D eigenvalue weighted by atomic mass is 32.1. The lowest BCUT2D eigenvalue weighted by Crippen LogP contribution is -2.21. The molecule has 0 aliphatic carbocycles. The molecular weight excluding hydrogens is 410 g/mol. The fraction of sp³-hybridized carbons (Fsp3) is 0.333. The van der Waals surface area contributed by atoms with Crippen LogP contribution >= 0.6 is 11.3 Å². The first-order chi connectivity index (χ1) is 14.4. The number of nitrogens with zero attached hydrogens (tertiary/aromatic N) is 3. The largest absolute Gasteiger partial charge is 0.333 e. The van der Waals surface area contributed by atoms with Crippen molar-refractivity contribution in [2.75, 3.05) is 5.32 Å². The van der Waals surface area contributed by atoms with E-state index < -0.39 is 11.6 Å². The van der Waals surface area contributed by atoms with Gasteiger partial charge in [-0.05, 0) is 37.0 Å². The third-order valence-corrected chi connectivity index (χ3v) is 6.07. The molecule has 1 amide bonds. The molecule has 2 heterocycles. The van der Waals surface area contributed by atoms with Crippen molar-refractivity contribution in [1.82, 2.24) is 10.1 Å². The molecule has 2 aromatic heterocycles. The van der Waals surface area contributed by atoms with E-state index in [9.17, 15) is 18.8 Å². The fourth-order valence-corrected chi connectivity index (χ4v) is 4.15.